The summed E-state index contributed by atoms with van der Waals surface area (Å²) in [5, 5.41) is 1.96. The van der Waals surface area contributed by atoms with Crippen LogP contribution >= 0.6 is 23.4 Å². The molecule has 1 heterocycles. The minimum atomic E-state index is 0.00537. The first-order chi connectivity index (χ1) is 11.6. The Labute approximate surface area is 150 Å². The average molecular weight is 359 g/mol. The number of aromatic nitrogens is 2. The van der Waals surface area contributed by atoms with E-state index in [-0.39, 0.29) is 5.56 Å². The van der Waals surface area contributed by atoms with E-state index < -0.39 is 0 Å². The van der Waals surface area contributed by atoms with Gasteiger partial charge in [-0.3, -0.25) is 9.36 Å². The molecule has 3 aromatic rings. The van der Waals surface area contributed by atoms with Crippen LogP contribution in [0.15, 0.2) is 52.4 Å². The Balaban J connectivity index is 2.03. The molecule has 0 bridgehead atoms. The number of benzene rings is 2. The Bertz CT molecular complexity index is 936. The van der Waals surface area contributed by atoms with E-state index in [2.05, 4.69) is 26.0 Å². The molecule has 0 aliphatic carbocycles. The quantitative estimate of drug-likeness (QED) is 0.472. The molecule has 0 aliphatic rings. The maximum absolute atomic E-state index is 12.8. The van der Waals surface area contributed by atoms with E-state index in [1.54, 1.807) is 34.5 Å². The van der Waals surface area contributed by atoms with Gasteiger partial charge < -0.3 is 0 Å². The first kappa shape index (κ1) is 17.1. The number of thioether (sulfide) groups is 1. The second-order valence-corrected chi connectivity index (χ2v) is 7.11. The van der Waals surface area contributed by atoms with E-state index in [1.165, 1.54) is 11.1 Å². The molecule has 0 saturated carbocycles. The largest absolute Gasteiger partial charge is 0.287 e. The van der Waals surface area contributed by atoms with E-state index >= 15 is 0 Å². The number of nitrogens with zero attached hydrogens (tertiary/aromatic N) is 2. The van der Waals surface area contributed by atoms with Crippen molar-refractivity contribution < 1.29 is 0 Å². The van der Waals surface area contributed by atoms with Crippen LogP contribution in [0.1, 0.15) is 24.5 Å². The van der Waals surface area contributed by atoms with E-state index in [0.29, 0.717) is 22.5 Å². The van der Waals surface area contributed by atoms with Gasteiger partial charge in [0.05, 0.1) is 10.9 Å². The van der Waals surface area contributed by atoms with Crippen LogP contribution in [0.25, 0.3) is 10.9 Å². The first-order valence-electron chi connectivity index (χ1n) is 7.97. The summed E-state index contributed by atoms with van der Waals surface area (Å²) in [6.07, 6.45) is 0.888. The van der Waals surface area contributed by atoms with Gasteiger partial charge in [-0.25, -0.2) is 4.98 Å². The molecule has 0 saturated heterocycles. The summed E-state index contributed by atoms with van der Waals surface area (Å²) in [7, 11) is 0. The molecule has 5 heteroatoms. The van der Waals surface area contributed by atoms with Gasteiger partial charge in [-0.15, -0.1) is 0 Å². The topological polar surface area (TPSA) is 34.9 Å². The molecule has 0 N–H and O–H groups in total. The fourth-order valence-corrected chi connectivity index (χ4v) is 3.89. The van der Waals surface area contributed by atoms with Crippen molar-refractivity contribution in [3.8, 4) is 0 Å². The van der Waals surface area contributed by atoms with Gasteiger partial charge in [0, 0.05) is 17.3 Å². The van der Waals surface area contributed by atoms with Crippen LogP contribution in [-0.4, -0.2) is 9.55 Å². The van der Waals surface area contributed by atoms with Crippen molar-refractivity contribution >= 4 is 34.3 Å². The molecule has 124 valence electrons. The molecule has 0 radical (unpaired) electrons. The average Bonchev–Trinajstić information content (AvgIpc) is 2.57. The summed E-state index contributed by atoms with van der Waals surface area (Å²) in [5.74, 6) is 0.787. The number of hydrogen-bond donors (Lipinski definition) is 0. The highest BCUT2D eigenvalue weighted by Crippen LogP contribution is 2.24. The molecule has 0 unspecified atom stereocenters. The molecule has 0 atom stereocenters. The maximum Gasteiger partial charge on any atom is 0.262 e. The zero-order chi connectivity index (χ0) is 17.1. The zero-order valence-electron chi connectivity index (χ0n) is 13.8. The molecule has 0 amide bonds. The number of rotatable bonds is 5. The fraction of sp³-hybridized carbons (Fsp3) is 0.263. The number of hydrogen-bond acceptors (Lipinski definition) is 3. The van der Waals surface area contributed by atoms with Gasteiger partial charge in [0.1, 0.15) is 0 Å². The minimum Gasteiger partial charge on any atom is -0.287 e. The van der Waals surface area contributed by atoms with Gasteiger partial charge in [0.15, 0.2) is 5.16 Å². The lowest BCUT2D eigenvalue weighted by molar-refractivity contribution is 0.584. The van der Waals surface area contributed by atoms with Crippen molar-refractivity contribution in [2.24, 2.45) is 0 Å². The zero-order valence-corrected chi connectivity index (χ0v) is 15.3. The normalized spacial score (nSPS) is 11.1. The highest BCUT2D eigenvalue weighted by molar-refractivity contribution is 7.98. The third-order valence-corrected chi connectivity index (χ3v) is 5.21. The minimum absolute atomic E-state index is 0.00537. The van der Waals surface area contributed by atoms with E-state index in [0.717, 1.165) is 17.3 Å². The molecule has 0 aliphatic heterocycles. The summed E-state index contributed by atoms with van der Waals surface area (Å²) >= 11 is 7.66. The number of halogens is 1. The highest BCUT2D eigenvalue weighted by Gasteiger charge is 2.12. The smallest absolute Gasteiger partial charge is 0.262 e. The van der Waals surface area contributed by atoms with Gasteiger partial charge >= 0.3 is 0 Å². The van der Waals surface area contributed by atoms with E-state index in [9.17, 15) is 4.79 Å². The molecular weight excluding hydrogens is 340 g/mol. The van der Waals surface area contributed by atoms with Gasteiger partial charge in [0.25, 0.3) is 5.56 Å². The van der Waals surface area contributed by atoms with Crippen molar-refractivity contribution in [1.82, 2.24) is 9.55 Å². The van der Waals surface area contributed by atoms with Crippen LogP contribution in [0, 0.1) is 6.92 Å². The standard InChI is InChI=1S/C19H19ClN2OS/c1-3-10-22-18(23)16-9-8-15(20)11-17(16)21-19(22)24-12-14-7-5-4-6-13(14)2/h4-9,11H,3,10,12H2,1-2H3. The molecule has 3 rings (SSSR count). The monoisotopic (exact) mass is 358 g/mol. The van der Waals surface area contributed by atoms with Crippen molar-refractivity contribution in [2.75, 3.05) is 0 Å². The van der Waals surface area contributed by atoms with Crippen LogP contribution < -0.4 is 5.56 Å². The number of aryl methyl sites for hydroxylation is 1. The summed E-state index contributed by atoms with van der Waals surface area (Å²) in [6, 6.07) is 13.5. The molecule has 24 heavy (non-hydrogen) atoms. The lowest BCUT2D eigenvalue weighted by atomic mass is 10.1. The fourth-order valence-electron chi connectivity index (χ4n) is 2.62. The third-order valence-electron chi connectivity index (χ3n) is 3.95. The van der Waals surface area contributed by atoms with Crippen molar-refractivity contribution in [1.29, 1.82) is 0 Å². The van der Waals surface area contributed by atoms with Crippen molar-refractivity contribution in [2.45, 2.75) is 37.7 Å². The van der Waals surface area contributed by atoms with Crippen LogP contribution in [0.5, 0.6) is 0 Å². The van der Waals surface area contributed by atoms with Gasteiger partial charge in [-0.1, -0.05) is 54.6 Å². The lowest BCUT2D eigenvalue weighted by Gasteiger charge is -2.13. The van der Waals surface area contributed by atoms with E-state index in [1.807, 2.05) is 12.1 Å². The summed E-state index contributed by atoms with van der Waals surface area (Å²) in [5.41, 5.74) is 3.17. The van der Waals surface area contributed by atoms with Crippen LogP contribution in [0.3, 0.4) is 0 Å². The predicted octanol–water partition coefficient (Wildman–Crippen LogP) is 5.06. The highest BCUT2D eigenvalue weighted by atomic mass is 35.5. The van der Waals surface area contributed by atoms with Crippen LogP contribution in [-0.2, 0) is 12.3 Å². The summed E-state index contributed by atoms with van der Waals surface area (Å²) in [4.78, 5) is 17.5. The Kier molecular flexibility index (Phi) is 5.27. The third kappa shape index (κ3) is 3.50. The Hall–Kier alpha value is -1.78. The first-order valence-corrected chi connectivity index (χ1v) is 9.34. The lowest BCUT2D eigenvalue weighted by Crippen LogP contribution is -2.23. The predicted molar refractivity (Wildman–Crippen MR) is 102 cm³/mol. The van der Waals surface area contributed by atoms with Gasteiger partial charge in [-0.05, 0) is 42.7 Å². The maximum atomic E-state index is 12.8. The Morgan fingerprint density at radius 2 is 2.00 bits per heavy atom. The second kappa shape index (κ2) is 7.41. The molecular formula is C19H19ClN2OS. The second-order valence-electron chi connectivity index (χ2n) is 5.73. The molecule has 0 fully saturated rings. The van der Waals surface area contributed by atoms with Crippen molar-refractivity contribution in [3.05, 3.63) is 69.0 Å². The molecule has 0 spiro atoms. The number of fused-ring (bicyclic) bond motifs is 1. The molecule has 2 aromatic carbocycles. The van der Waals surface area contributed by atoms with Gasteiger partial charge in [0.2, 0.25) is 0 Å². The van der Waals surface area contributed by atoms with Crippen molar-refractivity contribution in [3.63, 3.8) is 0 Å². The van der Waals surface area contributed by atoms with Crippen LogP contribution in [0.2, 0.25) is 5.02 Å². The summed E-state index contributed by atoms with van der Waals surface area (Å²) in [6.45, 7) is 4.83. The SMILES string of the molecule is CCCn1c(SCc2ccccc2C)nc2cc(Cl)ccc2c1=O. The van der Waals surface area contributed by atoms with E-state index in [4.69, 9.17) is 16.6 Å². The molecule has 3 nitrogen and oxygen atoms in total. The van der Waals surface area contributed by atoms with Crippen LogP contribution in [0.4, 0.5) is 0 Å². The Morgan fingerprint density at radius 3 is 2.75 bits per heavy atom. The Morgan fingerprint density at radius 1 is 1.21 bits per heavy atom. The summed E-state index contributed by atoms with van der Waals surface area (Å²) < 4.78 is 1.78. The molecule has 1 aromatic heterocycles. The van der Waals surface area contributed by atoms with Gasteiger partial charge in [-0.2, -0.15) is 0 Å².